The highest BCUT2D eigenvalue weighted by atomic mass is 32.2. The van der Waals surface area contributed by atoms with Gasteiger partial charge in [-0.1, -0.05) is 6.92 Å². The highest BCUT2D eigenvalue weighted by molar-refractivity contribution is 7.89. The van der Waals surface area contributed by atoms with Crippen LogP contribution in [0.25, 0.3) is 0 Å². The molecular formula is C13H24N2O3S2. The number of sulfonamides is 1. The first-order valence-electron chi connectivity index (χ1n) is 6.68. The van der Waals surface area contributed by atoms with Crippen LogP contribution in [0.5, 0.6) is 0 Å². The van der Waals surface area contributed by atoms with E-state index in [0.29, 0.717) is 24.6 Å². The minimum absolute atomic E-state index is 0.357. The summed E-state index contributed by atoms with van der Waals surface area (Å²) < 4.78 is 31.6. The lowest BCUT2D eigenvalue weighted by molar-refractivity contribution is 0.185. The van der Waals surface area contributed by atoms with Crippen LogP contribution < -0.4 is 5.32 Å². The summed E-state index contributed by atoms with van der Waals surface area (Å²) in [5.41, 5.74) is 0.813. The van der Waals surface area contributed by atoms with Crippen LogP contribution in [-0.4, -0.2) is 46.6 Å². The van der Waals surface area contributed by atoms with Crippen LogP contribution in [0.3, 0.4) is 0 Å². The fourth-order valence-corrected chi connectivity index (χ4v) is 4.71. The maximum Gasteiger partial charge on any atom is 0.244 e. The van der Waals surface area contributed by atoms with Crippen molar-refractivity contribution in [2.75, 3.05) is 33.9 Å². The van der Waals surface area contributed by atoms with Crippen LogP contribution >= 0.6 is 11.3 Å². The van der Waals surface area contributed by atoms with E-state index in [-0.39, 0.29) is 0 Å². The first kappa shape index (κ1) is 17.6. The van der Waals surface area contributed by atoms with E-state index in [4.69, 9.17) is 4.74 Å². The molecule has 0 radical (unpaired) electrons. The Labute approximate surface area is 126 Å². The molecule has 0 fully saturated rings. The lowest BCUT2D eigenvalue weighted by atomic mass is 10.3. The van der Waals surface area contributed by atoms with Gasteiger partial charge < -0.3 is 10.1 Å². The molecule has 0 atom stereocenters. The van der Waals surface area contributed by atoms with E-state index < -0.39 is 10.0 Å². The second-order valence-electron chi connectivity index (χ2n) is 4.67. The number of thiophene rings is 1. The Bertz CT molecular complexity index is 512. The zero-order valence-corrected chi connectivity index (χ0v) is 14.2. The van der Waals surface area contributed by atoms with Gasteiger partial charge in [-0.3, -0.25) is 0 Å². The summed E-state index contributed by atoms with van der Waals surface area (Å²) in [7, 11) is -0.285. The Morgan fingerprint density at radius 1 is 1.45 bits per heavy atom. The monoisotopic (exact) mass is 320 g/mol. The van der Waals surface area contributed by atoms with Gasteiger partial charge in [0, 0.05) is 32.1 Å². The third kappa shape index (κ3) is 4.26. The zero-order valence-electron chi connectivity index (χ0n) is 12.6. The van der Waals surface area contributed by atoms with E-state index >= 15 is 0 Å². The minimum atomic E-state index is -3.44. The van der Waals surface area contributed by atoms with Crippen LogP contribution in [0.2, 0.25) is 0 Å². The molecule has 1 aromatic rings. The number of nitrogens with one attached hydrogen (secondary N) is 1. The zero-order chi connectivity index (χ0) is 15.2. The largest absolute Gasteiger partial charge is 0.383 e. The summed E-state index contributed by atoms with van der Waals surface area (Å²) >= 11 is 1.50. The van der Waals surface area contributed by atoms with Gasteiger partial charge in [0.1, 0.15) is 4.90 Å². The molecule has 0 saturated heterocycles. The van der Waals surface area contributed by atoms with Crippen molar-refractivity contribution in [3.63, 3.8) is 0 Å². The van der Waals surface area contributed by atoms with E-state index in [1.165, 1.54) is 15.6 Å². The number of hydrogen-bond acceptors (Lipinski definition) is 5. The van der Waals surface area contributed by atoms with Crippen molar-refractivity contribution in [1.82, 2.24) is 9.62 Å². The molecule has 1 aromatic heterocycles. The first-order valence-corrected chi connectivity index (χ1v) is 9.00. The van der Waals surface area contributed by atoms with Gasteiger partial charge in [-0.25, -0.2) is 8.42 Å². The van der Waals surface area contributed by atoms with Crippen LogP contribution in [-0.2, 0) is 21.3 Å². The van der Waals surface area contributed by atoms with E-state index in [9.17, 15) is 8.42 Å². The van der Waals surface area contributed by atoms with Gasteiger partial charge in [-0.05, 0) is 30.8 Å². The summed E-state index contributed by atoms with van der Waals surface area (Å²) in [6.07, 6.45) is 1.03. The average molecular weight is 320 g/mol. The van der Waals surface area contributed by atoms with Crippen LogP contribution in [0.1, 0.15) is 23.8 Å². The van der Waals surface area contributed by atoms with Gasteiger partial charge in [-0.2, -0.15) is 4.31 Å². The predicted octanol–water partition coefficient (Wildman–Crippen LogP) is 1.82. The lowest BCUT2D eigenvalue weighted by Crippen LogP contribution is -2.31. The normalized spacial score (nSPS) is 12.2. The molecule has 116 valence electrons. The topological polar surface area (TPSA) is 58.6 Å². The number of nitrogens with zero attached hydrogens (tertiary/aromatic N) is 1. The quantitative estimate of drug-likeness (QED) is 0.705. The molecule has 20 heavy (non-hydrogen) atoms. The average Bonchev–Trinajstić information content (AvgIpc) is 2.78. The van der Waals surface area contributed by atoms with Crippen molar-refractivity contribution >= 4 is 21.4 Å². The van der Waals surface area contributed by atoms with Gasteiger partial charge in [0.15, 0.2) is 0 Å². The van der Waals surface area contributed by atoms with E-state index in [1.54, 1.807) is 14.2 Å². The van der Waals surface area contributed by atoms with Crippen molar-refractivity contribution in [1.29, 1.82) is 0 Å². The molecule has 5 nitrogen and oxygen atoms in total. The molecule has 1 N–H and O–H groups in total. The molecule has 0 aliphatic heterocycles. The van der Waals surface area contributed by atoms with Crippen molar-refractivity contribution in [2.24, 2.45) is 0 Å². The minimum Gasteiger partial charge on any atom is -0.383 e. The first-order chi connectivity index (χ1) is 9.45. The standard InChI is InChI=1S/C13H24N2O3S2/c1-5-6-14-9-12-13(11(2)10-19-12)20(16,17)15(3)7-8-18-4/h10,14H,5-9H2,1-4H3. The van der Waals surface area contributed by atoms with Crippen molar-refractivity contribution in [3.05, 3.63) is 15.8 Å². The fraction of sp³-hybridized carbons (Fsp3) is 0.692. The van der Waals surface area contributed by atoms with E-state index in [2.05, 4.69) is 12.2 Å². The summed E-state index contributed by atoms with van der Waals surface area (Å²) in [5, 5.41) is 5.16. The molecule has 0 aromatic carbocycles. The number of methoxy groups -OCH3 is 1. The summed E-state index contributed by atoms with van der Waals surface area (Å²) in [5.74, 6) is 0. The molecule has 1 rings (SSSR count). The molecule has 0 spiro atoms. The maximum absolute atomic E-state index is 12.6. The van der Waals surface area contributed by atoms with Gasteiger partial charge in [0.05, 0.1) is 6.61 Å². The van der Waals surface area contributed by atoms with E-state index in [1.807, 2.05) is 12.3 Å². The lowest BCUT2D eigenvalue weighted by Gasteiger charge is -2.18. The molecule has 7 heteroatoms. The van der Waals surface area contributed by atoms with Gasteiger partial charge in [0.25, 0.3) is 0 Å². The highest BCUT2D eigenvalue weighted by Gasteiger charge is 2.26. The van der Waals surface area contributed by atoms with Crippen molar-refractivity contribution in [2.45, 2.75) is 31.7 Å². The Hall–Kier alpha value is -0.470. The Morgan fingerprint density at radius 3 is 2.75 bits per heavy atom. The van der Waals surface area contributed by atoms with E-state index in [0.717, 1.165) is 23.4 Å². The Balaban J connectivity index is 2.95. The van der Waals surface area contributed by atoms with Gasteiger partial charge in [0.2, 0.25) is 10.0 Å². The molecule has 0 amide bonds. The number of hydrogen-bond donors (Lipinski definition) is 1. The smallest absolute Gasteiger partial charge is 0.244 e. The van der Waals surface area contributed by atoms with Gasteiger partial charge >= 0.3 is 0 Å². The highest BCUT2D eigenvalue weighted by Crippen LogP contribution is 2.28. The second kappa shape index (κ2) is 8.09. The third-order valence-corrected chi connectivity index (χ3v) is 6.30. The number of aryl methyl sites for hydroxylation is 1. The molecule has 1 heterocycles. The third-order valence-electron chi connectivity index (χ3n) is 2.98. The summed E-state index contributed by atoms with van der Waals surface area (Å²) in [6.45, 7) is 6.16. The van der Waals surface area contributed by atoms with Crippen LogP contribution in [0, 0.1) is 6.92 Å². The van der Waals surface area contributed by atoms with Crippen molar-refractivity contribution < 1.29 is 13.2 Å². The Kier molecular flexibility index (Phi) is 7.11. The maximum atomic E-state index is 12.6. The molecule has 0 bridgehead atoms. The fourth-order valence-electron chi connectivity index (χ4n) is 1.83. The molecule has 0 unspecified atom stereocenters. The van der Waals surface area contributed by atoms with Crippen molar-refractivity contribution in [3.8, 4) is 0 Å². The number of ether oxygens (including phenoxy) is 1. The second-order valence-corrected chi connectivity index (χ2v) is 7.61. The molecule has 0 aliphatic carbocycles. The molecular weight excluding hydrogens is 296 g/mol. The Morgan fingerprint density at radius 2 is 2.15 bits per heavy atom. The summed E-state index contributed by atoms with van der Waals surface area (Å²) in [6, 6.07) is 0. The number of likely N-dealkylation sites (N-methyl/N-ethyl adjacent to an activating group) is 1. The number of rotatable bonds is 9. The molecule has 0 saturated carbocycles. The predicted molar refractivity (Wildman–Crippen MR) is 82.7 cm³/mol. The van der Waals surface area contributed by atoms with Gasteiger partial charge in [-0.15, -0.1) is 11.3 Å². The summed E-state index contributed by atoms with van der Waals surface area (Å²) in [4.78, 5) is 1.32. The van der Waals surface area contributed by atoms with Crippen LogP contribution in [0.15, 0.2) is 10.3 Å². The van der Waals surface area contributed by atoms with Crippen LogP contribution in [0.4, 0.5) is 0 Å². The SMILES string of the molecule is CCCNCc1scc(C)c1S(=O)(=O)N(C)CCOC. The molecule has 0 aliphatic rings.